The molecule has 3 aromatic rings. The van der Waals surface area contributed by atoms with Crippen molar-refractivity contribution in [2.75, 3.05) is 37.4 Å². The predicted molar refractivity (Wildman–Crippen MR) is 125 cm³/mol. The van der Waals surface area contributed by atoms with Gasteiger partial charge < -0.3 is 15.4 Å². The molecular formula is C21H27ClN6O2S. The second-order valence-electron chi connectivity index (χ2n) is 6.67. The third-order valence-electron chi connectivity index (χ3n) is 4.42. The molecule has 0 aliphatic carbocycles. The van der Waals surface area contributed by atoms with Crippen LogP contribution in [-0.2, 0) is 22.5 Å². The van der Waals surface area contributed by atoms with E-state index >= 15 is 0 Å². The van der Waals surface area contributed by atoms with Gasteiger partial charge >= 0.3 is 0 Å². The molecule has 10 heteroatoms. The van der Waals surface area contributed by atoms with E-state index in [0.29, 0.717) is 49.4 Å². The molecule has 0 saturated heterocycles. The fraction of sp³-hybridized carbons (Fsp3) is 0.429. The number of carbonyl (C=O) groups excluding carboxylic acids is 1. The van der Waals surface area contributed by atoms with Crippen LogP contribution >= 0.6 is 23.4 Å². The minimum Gasteiger partial charge on any atom is -0.380 e. The lowest BCUT2D eigenvalue weighted by Gasteiger charge is -2.10. The molecule has 0 aliphatic rings. The second-order valence-corrected chi connectivity index (χ2v) is 8.34. The van der Waals surface area contributed by atoms with Crippen LogP contribution in [0, 0.1) is 0 Å². The fourth-order valence-corrected chi connectivity index (χ4v) is 3.66. The van der Waals surface area contributed by atoms with Crippen molar-refractivity contribution in [2.45, 2.75) is 32.0 Å². The van der Waals surface area contributed by atoms with Crippen molar-refractivity contribution < 1.29 is 9.53 Å². The monoisotopic (exact) mass is 462 g/mol. The standard InChI is InChI=1S/C21H27ClN6O2S/c1-3-30-12-10-24-19-17-14-25-28(20(17)27-21(26-19)31-4-2)11-9-23-18(29)13-15-5-7-16(22)8-6-15/h5-8,14H,3-4,9-13H2,1-2H3,(H,23,29)(H,24,26,27). The van der Waals surface area contributed by atoms with Crippen molar-refractivity contribution in [1.29, 1.82) is 0 Å². The zero-order chi connectivity index (χ0) is 22.1. The van der Waals surface area contributed by atoms with Gasteiger partial charge in [0.05, 0.1) is 31.2 Å². The van der Waals surface area contributed by atoms with Crippen LogP contribution in [0.3, 0.4) is 0 Å². The van der Waals surface area contributed by atoms with Crippen molar-refractivity contribution in [3.05, 3.63) is 41.0 Å². The number of carbonyl (C=O) groups is 1. The minimum atomic E-state index is -0.0473. The molecule has 0 spiro atoms. The summed E-state index contributed by atoms with van der Waals surface area (Å²) < 4.78 is 7.19. The zero-order valence-corrected chi connectivity index (χ0v) is 19.3. The number of anilines is 1. The SMILES string of the molecule is CCOCCNc1nc(SCC)nc2c1cnn2CCNC(=O)Cc1ccc(Cl)cc1. The van der Waals surface area contributed by atoms with Gasteiger partial charge in [0.15, 0.2) is 10.8 Å². The normalized spacial score (nSPS) is 11.1. The largest absolute Gasteiger partial charge is 0.380 e. The van der Waals surface area contributed by atoms with Crippen molar-refractivity contribution in [2.24, 2.45) is 0 Å². The molecule has 0 aliphatic heterocycles. The summed E-state index contributed by atoms with van der Waals surface area (Å²) in [5.41, 5.74) is 1.67. The Morgan fingerprint density at radius 3 is 2.74 bits per heavy atom. The molecule has 31 heavy (non-hydrogen) atoms. The van der Waals surface area contributed by atoms with E-state index in [1.807, 2.05) is 19.1 Å². The molecule has 0 unspecified atom stereocenters. The Hall–Kier alpha value is -2.36. The van der Waals surface area contributed by atoms with Gasteiger partial charge in [-0.15, -0.1) is 0 Å². The number of nitrogens with one attached hydrogen (secondary N) is 2. The number of aromatic nitrogens is 4. The number of halogens is 1. The Labute approximate surface area is 191 Å². The Morgan fingerprint density at radius 1 is 1.19 bits per heavy atom. The van der Waals surface area contributed by atoms with E-state index < -0.39 is 0 Å². The van der Waals surface area contributed by atoms with Gasteiger partial charge in [0.2, 0.25) is 5.91 Å². The molecule has 0 radical (unpaired) electrons. The van der Waals surface area contributed by atoms with E-state index in [2.05, 4.69) is 32.6 Å². The third kappa shape index (κ3) is 6.81. The van der Waals surface area contributed by atoms with Crippen LogP contribution in [0.2, 0.25) is 5.02 Å². The molecule has 8 nitrogen and oxygen atoms in total. The number of ether oxygens (including phenoxy) is 1. The highest BCUT2D eigenvalue weighted by Crippen LogP contribution is 2.24. The summed E-state index contributed by atoms with van der Waals surface area (Å²) in [6, 6.07) is 7.27. The molecule has 0 atom stereocenters. The number of fused-ring (bicyclic) bond motifs is 1. The molecule has 0 saturated carbocycles. The van der Waals surface area contributed by atoms with Crippen LogP contribution in [0.1, 0.15) is 19.4 Å². The summed E-state index contributed by atoms with van der Waals surface area (Å²) in [7, 11) is 0. The highest BCUT2D eigenvalue weighted by atomic mass is 35.5. The van der Waals surface area contributed by atoms with Crippen LogP contribution < -0.4 is 10.6 Å². The Morgan fingerprint density at radius 2 is 2.00 bits per heavy atom. The molecular weight excluding hydrogens is 436 g/mol. The molecule has 3 rings (SSSR count). The average molecular weight is 463 g/mol. The first-order valence-electron chi connectivity index (χ1n) is 10.3. The smallest absolute Gasteiger partial charge is 0.224 e. The first kappa shape index (κ1) is 23.3. The van der Waals surface area contributed by atoms with E-state index in [1.165, 1.54) is 0 Å². The first-order valence-corrected chi connectivity index (χ1v) is 11.7. The fourth-order valence-electron chi connectivity index (χ4n) is 2.96. The van der Waals surface area contributed by atoms with E-state index in [1.54, 1.807) is 34.8 Å². The van der Waals surface area contributed by atoms with Gasteiger partial charge in [-0.3, -0.25) is 4.79 Å². The molecule has 2 heterocycles. The summed E-state index contributed by atoms with van der Waals surface area (Å²) in [5.74, 6) is 1.58. The lowest BCUT2D eigenvalue weighted by Crippen LogP contribution is -2.28. The summed E-state index contributed by atoms with van der Waals surface area (Å²) >= 11 is 7.47. The van der Waals surface area contributed by atoms with Gasteiger partial charge in [-0.25, -0.2) is 14.6 Å². The maximum atomic E-state index is 12.2. The molecule has 2 N–H and O–H groups in total. The van der Waals surface area contributed by atoms with Crippen molar-refractivity contribution in [3.63, 3.8) is 0 Å². The van der Waals surface area contributed by atoms with Gasteiger partial charge in [0, 0.05) is 24.7 Å². The van der Waals surface area contributed by atoms with Crippen LogP contribution in [0.4, 0.5) is 5.82 Å². The van der Waals surface area contributed by atoms with Crippen LogP contribution in [0.25, 0.3) is 11.0 Å². The molecule has 1 amide bonds. The quantitative estimate of drug-likeness (QED) is 0.242. The summed E-state index contributed by atoms with van der Waals surface area (Å²) in [6.45, 7) is 6.94. The van der Waals surface area contributed by atoms with Gasteiger partial charge in [-0.1, -0.05) is 42.4 Å². The average Bonchev–Trinajstić information content (AvgIpc) is 3.16. The third-order valence-corrected chi connectivity index (χ3v) is 5.40. The van der Waals surface area contributed by atoms with E-state index in [4.69, 9.17) is 16.3 Å². The maximum absolute atomic E-state index is 12.2. The zero-order valence-electron chi connectivity index (χ0n) is 17.7. The van der Waals surface area contributed by atoms with Crippen LogP contribution in [0.5, 0.6) is 0 Å². The molecule has 2 aromatic heterocycles. The van der Waals surface area contributed by atoms with E-state index in [-0.39, 0.29) is 5.91 Å². The second kappa shape index (κ2) is 11.9. The number of hydrogen-bond acceptors (Lipinski definition) is 7. The minimum absolute atomic E-state index is 0.0473. The number of thioether (sulfide) groups is 1. The van der Waals surface area contributed by atoms with Gasteiger partial charge in [0.25, 0.3) is 0 Å². The number of rotatable bonds is 12. The van der Waals surface area contributed by atoms with Crippen molar-refractivity contribution >= 4 is 46.1 Å². The predicted octanol–water partition coefficient (Wildman–Crippen LogP) is 3.40. The number of amides is 1. The van der Waals surface area contributed by atoms with Crippen LogP contribution in [0.15, 0.2) is 35.6 Å². The molecule has 1 aromatic carbocycles. The topological polar surface area (TPSA) is 94.0 Å². The molecule has 166 valence electrons. The number of benzene rings is 1. The van der Waals surface area contributed by atoms with Gasteiger partial charge in [0.1, 0.15) is 5.82 Å². The molecule has 0 fully saturated rings. The Balaban J connectivity index is 1.63. The lowest BCUT2D eigenvalue weighted by molar-refractivity contribution is -0.120. The summed E-state index contributed by atoms with van der Waals surface area (Å²) in [6.07, 6.45) is 2.07. The highest BCUT2D eigenvalue weighted by molar-refractivity contribution is 7.99. The molecule has 0 bridgehead atoms. The van der Waals surface area contributed by atoms with E-state index in [9.17, 15) is 4.79 Å². The van der Waals surface area contributed by atoms with Crippen molar-refractivity contribution in [1.82, 2.24) is 25.1 Å². The van der Waals surface area contributed by atoms with E-state index in [0.717, 1.165) is 28.2 Å². The maximum Gasteiger partial charge on any atom is 0.224 e. The Bertz CT molecular complexity index is 995. The van der Waals surface area contributed by atoms with Gasteiger partial charge in [-0.05, 0) is 30.4 Å². The summed E-state index contributed by atoms with van der Waals surface area (Å²) in [5, 5.41) is 12.9. The first-order chi connectivity index (χ1) is 15.1. The lowest BCUT2D eigenvalue weighted by atomic mass is 10.1. The highest BCUT2D eigenvalue weighted by Gasteiger charge is 2.13. The summed E-state index contributed by atoms with van der Waals surface area (Å²) in [4.78, 5) is 21.5. The van der Waals surface area contributed by atoms with Crippen molar-refractivity contribution in [3.8, 4) is 0 Å². The Kier molecular flexibility index (Phi) is 8.93. The number of nitrogens with zero attached hydrogens (tertiary/aromatic N) is 4. The van der Waals surface area contributed by atoms with Crippen LogP contribution in [-0.4, -0.2) is 57.7 Å². The van der Waals surface area contributed by atoms with Gasteiger partial charge in [-0.2, -0.15) is 5.10 Å². The number of hydrogen-bond donors (Lipinski definition) is 2.